The van der Waals surface area contributed by atoms with E-state index in [4.69, 9.17) is 10.8 Å². The number of carboxylic acids is 1. The fraction of sp³-hybridized carbons (Fsp3) is 0. The predicted molar refractivity (Wildman–Crippen MR) is 51.0 cm³/mol. The Morgan fingerprint density at radius 2 is 2.31 bits per heavy atom. The lowest BCUT2D eigenvalue weighted by Crippen LogP contribution is -1.97. The first-order valence-electron chi connectivity index (χ1n) is 3.57. The second kappa shape index (κ2) is 2.70. The van der Waals surface area contributed by atoms with E-state index in [-0.39, 0.29) is 11.4 Å². The highest BCUT2D eigenvalue weighted by atomic mass is 32.1. The first kappa shape index (κ1) is 8.00. The van der Waals surface area contributed by atoms with E-state index in [0.29, 0.717) is 5.39 Å². The first-order chi connectivity index (χ1) is 6.20. The molecule has 0 fully saturated rings. The normalized spacial score (nSPS) is 10.5. The molecule has 2 rings (SSSR count). The summed E-state index contributed by atoms with van der Waals surface area (Å²) in [6.07, 6.45) is 0. The number of nitrogens with two attached hydrogens (primary N) is 1. The molecule has 0 saturated heterocycles. The van der Waals surface area contributed by atoms with Gasteiger partial charge in [-0.1, -0.05) is 6.07 Å². The predicted octanol–water partition coefficient (Wildman–Crippen LogP) is 1.58. The van der Waals surface area contributed by atoms with Gasteiger partial charge in [-0.25, -0.2) is 4.79 Å². The Morgan fingerprint density at radius 3 is 3.00 bits per heavy atom. The molecule has 0 saturated carbocycles. The fourth-order valence-electron chi connectivity index (χ4n) is 1.19. The van der Waals surface area contributed by atoms with Crippen LogP contribution in [0.4, 0.5) is 5.82 Å². The number of fused-ring (bicyclic) bond motifs is 1. The van der Waals surface area contributed by atoms with Crippen LogP contribution in [0.5, 0.6) is 0 Å². The molecule has 0 unspecified atom stereocenters. The van der Waals surface area contributed by atoms with E-state index >= 15 is 0 Å². The molecule has 0 aliphatic heterocycles. The molecule has 0 amide bonds. The average Bonchev–Trinajstić information content (AvgIpc) is 2.48. The summed E-state index contributed by atoms with van der Waals surface area (Å²) in [5.41, 5.74) is 5.76. The van der Waals surface area contributed by atoms with E-state index in [9.17, 15) is 4.79 Å². The van der Waals surface area contributed by atoms with Crippen molar-refractivity contribution < 1.29 is 9.90 Å². The van der Waals surface area contributed by atoms with Gasteiger partial charge >= 0.3 is 5.97 Å². The van der Waals surface area contributed by atoms with Crippen LogP contribution in [0.3, 0.4) is 0 Å². The number of nitrogen functional groups attached to an aromatic ring is 1. The zero-order valence-corrected chi connectivity index (χ0v) is 7.34. The maximum atomic E-state index is 10.8. The summed E-state index contributed by atoms with van der Waals surface area (Å²) < 4.78 is 4.70. The van der Waals surface area contributed by atoms with Crippen molar-refractivity contribution >= 4 is 33.4 Å². The number of benzene rings is 1. The third kappa shape index (κ3) is 1.13. The molecule has 0 aliphatic carbocycles. The molecule has 1 heterocycles. The van der Waals surface area contributed by atoms with Crippen molar-refractivity contribution in [1.29, 1.82) is 0 Å². The smallest absolute Gasteiger partial charge is 0.336 e. The number of rotatable bonds is 1. The molecule has 0 radical (unpaired) electrons. The molecule has 5 heteroatoms. The van der Waals surface area contributed by atoms with E-state index < -0.39 is 5.97 Å². The Labute approximate surface area is 77.8 Å². The van der Waals surface area contributed by atoms with Gasteiger partial charge in [0, 0.05) is 0 Å². The summed E-state index contributed by atoms with van der Waals surface area (Å²) in [6.45, 7) is 0. The summed E-state index contributed by atoms with van der Waals surface area (Å²) in [5.74, 6) is -0.685. The maximum Gasteiger partial charge on any atom is 0.336 e. The number of hydrogen-bond donors (Lipinski definition) is 2. The van der Waals surface area contributed by atoms with Gasteiger partial charge in [-0.3, -0.25) is 0 Å². The molecule has 1 aromatic heterocycles. The van der Waals surface area contributed by atoms with Gasteiger partial charge in [-0.05, 0) is 23.7 Å². The minimum Gasteiger partial charge on any atom is -0.478 e. The SMILES string of the molecule is Nc1nsc2cccc(C(=O)O)c12. The Bertz CT molecular complexity index is 478. The van der Waals surface area contributed by atoms with Crippen LogP contribution in [0.1, 0.15) is 10.4 Å². The highest BCUT2D eigenvalue weighted by molar-refractivity contribution is 7.13. The molecule has 4 nitrogen and oxygen atoms in total. The molecule has 0 atom stereocenters. The summed E-state index contributed by atoms with van der Waals surface area (Å²) in [5, 5.41) is 9.39. The number of aromatic carboxylic acids is 1. The Morgan fingerprint density at radius 1 is 1.54 bits per heavy atom. The van der Waals surface area contributed by atoms with Crippen LogP contribution in [-0.2, 0) is 0 Å². The molecule has 0 spiro atoms. The van der Waals surface area contributed by atoms with Gasteiger partial charge in [0.15, 0.2) is 0 Å². The van der Waals surface area contributed by atoms with Crippen LogP contribution in [0, 0.1) is 0 Å². The van der Waals surface area contributed by atoms with Gasteiger partial charge in [0.05, 0.1) is 15.6 Å². The standard InChI is InChI=1S/C8H6N2O2S/c9-7-6-4(8(11)12)2-1-3-5(6)13-10-7/h1-3H,(H2,9,10)(H,11,12). The van der Waals surface area contributed by atoms with Gasteiger partial charge in [0.25, 0.3) is 0 Å². The van der Waals surface area contributed by atoms with Crippen LogP contribution in [0.15, 0.2) is 18.2 Å². The first-order valence-corrected chi connectivity index (χ1v) is 4.34. The molecule has 13 heavy (non-hydrogen) atoms. The topological polar surface area (TPSA) is 76.2 Å². The van der Waals surface area contributed by atoms with Crippen molar-refractivity contribution in [2.45, 2.75) is 0 Å². The molecular weight excluding hydrogens is 188 g/mol. The molecule has 1 aromatic carbocycles. The highest BCUT2D eigenvalue weighted by Gasteiger charge is 2.12. The Balaban J connectivity index is 2.88. The Kier molecular flexibility index (Phi) is 1.66. The number of carboxylic acid groups (broad SMARTS) is 1. The number of aromatic nitrogens is 1. The van der Waals surface area contributed by atoms with Gasteiger partial charge in [0.2, 0.25) is 0 Å². The molecule has 2 aromatic rings. The van der Waals surface area contributed by atoms with Crippen LogP contribution in [0.2, 0.25) is 0 Å². The van der Waals surface area contributed by atoms with E-state index in [2.05, 4.69) is 4.37 Å². The third-order valence-corrected chi connectivity index (χ3v) is 2.58. The van der Waals surface area contributed by atoms with E-state index in [1.54, 1.807) is 12.1 Å². The van der Waals surface area contributed by atoms with Crippen molar-refractivity contribution in [3.63, 3.8) is 0 Å². The van der Waals surface area contributed by atoms with E-state index in [1.807, 2.05) is 0 Å². The van der Waals surface area contributed by atoms with Gasteiger partial charge in [0.1, 0.15) is 5.82 Å². The summed E-state index contributed by atoms with van der Waals surface area (Å²) in [4.78, 5) is 10.8. The van der Waals surface area contributed by atoms with Gasteiger partial charge in [-0.2, -0.15) is 4.37 Å². The van der Waals surface area contributed by atoms with Crippen LogP contribution < -0.4 is 5.73 Å². The Hall–Kier alpha value is -1.62. The second-order valence-electron chi connectivity index (χ2n) is 2.55. The summed E-state index contributed by atoms with van der Waals surface area (Å²) in [7, 11) is 0. The quantitative estimate of drug-likeness (QED) is 0.722. The van der Waals surface area contributed by atoms with Crippen LogP contribution in [0.25, 0.3) is 10.1 Å². The lowest BCUT2D eigenvalue weighted by Gasteiger charge is -1.95. The average molecular weight is 194 g/mol. The number of carbonyl (C=O) groups is 1. The highest BCUT2D eigenvalue weighted by Crippen LogP contribution is 2.27. The minimum atomic E-state index is -0.975. The minimum absolute atomic E-state index is 0.212. The number of hydrogen-bond acceptors (Lipinski definition) is 4. The second-order valence-corrected chi connectivity index (χ2v) is 3.36. The number of anilines is 1. The van der Waals surface area contributed by atoms with Crippen LogP contribution >= 0.6 is 11.5 Å². The monoisotopic (exact) mass is 194 g/mol. The largest absolute Gasteiger partial charge is 0.478 e. The van der Waals surface area contributed by atoms with E-state index in [0.717, 1.165) is 4.70 Å². The fourth-order valence-corrected chi connectivity index (χ4v) is 1.93. The zero-order valence-electron chi connectivity index (χ0n) is 6.52. The van der Waals surface area contributed by atoms with Crippen LogP contribution in [-0.4, -0.2) is 15.4 Å². The third-order valence-electron chi connectivity index (χ3n) is 1.76. The van der Waals surface area contributed by atoms with E-state index in [1.165, 1.54) is 17.6 Å². The molecular formula is C8H6N2O2S. The summed E-state index contributed by atoms with van der Waals surface area (Å²) in [6, 6.07) is 5.01. The lowest BCUT2D eigenvalue weighted by molar-refractivity contribution is 0.0699. The molecule has 66 valence electrons. The molecule has 3 N–H and O–H groups in total. The summed E-state index contributed by atoms with van der Waals surface area (Å²) >= 11 is 1.21. The van der Waals surface area contributed by atoms with Gasteiger partial charge < -0.3 is 10.8 Å². The maximum absolute atomic E-state index is 10.8. The van der Waals surface area contributed by atoms with Crippen molar-refractivity contribution in [3.8, 4) is 0 Å². The van der Waals surface area contributed by atoms with Crippen molar-refractivity contribution in [2.75, 3.05) is 5.73 Å². The molecule has 0 aliphatic rings. The van der Waals surface area contributed by atoms with Gasteiger partial charge in [-0.15, -0.1) is 0 Å². The number of nitrogens with zero attached hydrogens (tertiary/aromatic N) is 1. The lowest BCUT2D eigenvalue weighted by atomic mass is 10.1. The van der Waals surface area contributed by atoms with Crippen molar-refractivity contribution in [3.05, 3.63) is 23.8 Å². The van der Waals surface area contributed by atoms with Crippen molar-refractivity contribution in [2.24, 2.45) is 0 Å². The zero-order chi connectivity index (χ0) is 9.42. The van der Waals surface area contributed by atoms with Crippen molar-refractivity contribution in [1.82, 2.24) is 4.37 Å². The molecule has 0 bridgehead atoms.